The number of halogens is 1. The highest BCUT2D eigenvalue weighted by Gasteiger charge is 2.38. The summed E-state index contributed by atoms with van der Waals surface area (Å²) in [6.45, 7) is 2.31. The van der Waals surface area contributed by atoms with Crippen LogP contribution in [0.2, 0.25) is 5.02 Å². The molecule has 4 nitrogen and oxygen atoms in total. The number of carbonyl (C=O) groups is 2. The van der Waals surface area contributed by atoms with Crippen LogP contribution in [0.5, 0.6) is 0 Å². The van der Waals surface area contributed by atoms with Gasteiger partial charge in [-0.05, 0) is 60.9 Å². The van der Waals surface area contributed by atoms with Gasteiger partial charge in [0.05, 0.1) is 0 Å². The lowest BCUT2D eigenvalue weighted by Crippen LogP contribution is -2.34. The first kappa shape index (κ1) is 21.2. The minimum Gasteiger partial charge on any atom is -0.350 e. The number of benzene rings is 3. The predicted molar refractivity (Wildman–Crippen MR) is 126 cm³/mol. The van der Waals surface area contributed by atoms with Crippen LogP contribution >= 0.6 is 23.4 Å². The number of imide groups is 1. The van der Waals surface area contributed by atoms with E-state index < -0.39 is 0 Å². The Morgan fingerprint density at radius 2 is 1.65 bits per heavy atom. The van der Waals surface area contributed by atoms with Crippen molar-refractivity contribution in [3.8, 4) is 0 Å². The first-order chi connectivity index (χ1) is 15.0. The third kappa shape index (κ3) is 5.01. The zero-order valence-electron chi connectivity index (χ0n) is 17.0. The predicted octanol–water partition coefficient (Wildman–Crippen LogP) is 5.68. The van der Waals surface area contributed by atoms with Crippen molar-refractivity contribution in [3.05, 3.63) is 106 Å². The van der Waals surface area contributed by atoms with Crippen molar-refractivity contribution in [2.24, 2.45) is 0 Å². The zero-order chi connectivity index (χ0) is 21.8. The van der Waals surface area contributed by atoms with Crippen LogP contribution in [0.15, 0.2) is 94.4 Å². The number of nitrogens with one attached hydrogen (secondary N) is 1. The Bertz CT molecular complexity index is 1140. The molecule has 1 aliphatic rings. The fraction of sp³-hybridized carbons (Fsp3) is 0.120. The lowest BCUT2D eigenvalue weighted by atomic mass is 10.1. The lowest BCUT2D eigenvalue weighted by molar-refractivity contribution is -0.137. The maximum absolute atomic E-state index is 13.2. The first-order valence-electron chi connectivity index (χ1n) is 9.93. The van der Waals surface area contributed by atoms with Gasteiger partial charge in [0.1, 0.15) is 10.6 Å². The second kappa shape index (κ2) is 9.41. The zero-order valence-corrected chi connectivity index (χ0v) is 18.5. The molecular weight excluding hydrogens is 428 g/mol. The Morgan fingerprint density at radius 1 is 0.903 bits per heavy atom. The maximum atomic E-state index is 13.2. The highest BCUT2D eigenvalue weighted by atomic mass is 35.5. The fourth-order valence-electron chi connectivity index (χ4n) is 3.34. The smallest absolute Gasteiger partial charge is 0.278 e. The number of nitrogens with zero attached hydrogens (tertiary/aromatic N) is 1. The normalized spacial score (nSPS) is 13.8. The van der Waals surface area contributed by atoms with Gasteiger partial charge >= 0.3 is 0 Å². The monoisotopic (exact) mass is 448 g/mol. The van der Waals surface area contributed by atoms with E-state index >= 15 is 0 Å². The van der Waals surface area contributed by atoms with Crippen LogP contribution in [-0.2, 0) is 16.0 Å². The molecule has 0 fully saturated rings. The molecule has 0 saturated carbocycles. The van der Waals surface area contributed by atoms with Crippen molar-refractivity contribution < 1.29 is 9.59 Å². The molecule has 0 spiro atoms. The number of anilines is 1. The van der Waals surface area contributed by atoms with E-state index in [0.717, 1.165) is 21.7 Å². The average Bonchev–Trinajstić information content (AvgIpc) is 2.98. The molecule has 1 N–H and O–H groups in total. The Labute approximate surface area is 190 Å². The van der Waals surface area contributed by atoms with Gasteiger partial charge in [0, 0.05) is 22.2 Å². The topological polar surface area (TPSA) is 49.4 Å². The standard InChI is InChI=1S/C25H21ClN2O2S/c1-17-6-5-9-20(16-17)27-22-23(31-21-12-10-19(26)11-13-21)25(30)28(24(22)29)15-14-18-7-3-2-4-8-18/h2-13,16,27H,14-15H2,1H3. The average molecular weight is 449 g/mol. The van der Waals surface area contributed by atoms with Crippen molar-refractivity contribution in [2.45, 2.75) is 18.2 Å². The molecule has 0 bridgehead atoms. The Balaban J connectivity index is 1.62. The molecule has 1 aliphatic heterocycles. The number of aryl methyl sites for hydroxylation is 1. The molecule has 3 aromatic carbocycles. The molecule has 0 aliphatic carbocycles. The van der Waals surface area contributed by atoms with Gasteiger partial charge in [-0.2, -0.15) is 0 Å². The summed E-state index contributed by atoms with van der Waals surface area (Å²) in [7, 11) is 0. The van der Waals surface area contributed by atoms with Crippen LogP contribution in [0, 0.1) is 6.92 Å². The summed E-state index contributed by atoms with van der Waals surface area (Å²) in [5, 5.41) is 3.81. The van der Waals surface area contributed by atoms with Crippen molar-refractivity contribution >= 4 is 40.9 Å². The van der Waals surface area contributed by atoms with E-state index in [1.807, 2.05) is 73.7 Å². The molecule has 3 aromatic rings. The molecular formula is C25H21ClN2O2S. The third-order valence-electron chi connectivity index (χ3n) is 4.91. The van der Waals surface area contributed by atoms with Gasteiger partial charge in [-0.3, -0.25) is 14.5 Å². The van der Waals surface area contributed by atoms with E-state index in [9.17, 15) is 9.59 Å². The largest absolute Gasteiger partial charge is 0.350 e. The van der Waals surface area contributed by atoms with Gasteiger partial charge < -0.3 is 5.32 Å². The SMILES string of the molecule is Cc1cccc(NC2=C(Sc3ccc(Cl)cc3)C(=O)N(CCc3ccccc3)C2=O)c1. The summed E-state index contributed by atoms with van der Waals surface area (Å²) in [6, 6.07) is 24.8. The summed E-state index contributed by atoms with van der Waals surface area (Å²) in [4.78, 5) is 29.0. The number of hydrogen-bond acceptors (Lipinski definition) is 4. The van der Waals surface area contributed by atoms with Crippen LogP contribution in [0.1, 0.15) is 11.1 Å². The molecule has 156 valence electrons. The molecule has 0 saturated heterocycles. The second-order valence-electron chi connectivity index (χ2n) is 7.25. The molecule has 0 aromatic heterocycles. The van der Waals surface area contributed by atoms with Gasteiger partial charge in [0.2, 0.25) is 0 Å². The summed E-state index contributed by atoms with van der Waals surface area (Å²) < 4.78 is 0. The van der Waals surface area contributed by atoms with Gasteiger partial charge in [-0.25, -0.2) is 0 Å². The number of rotatable bonds is 7. The molecule has 6 heteroatoms. The summed E-state index contributed by atoms with van der Waals surface area (Å²) in [5.74, 6) is -0.588. The molecule has 2 amide bonds. The van der Waals surface area contributed by atoms with Crippen molar-refractivity contribution in [1.29, 1.82) is 0 Å². The van der Waals surface area contributed by atoms with Crippen molar-refractivity contribution in [3.63, 3.8) is 0 Å². The van der Waals surface area contributed by atoms with Crippen LogP contribution in [0.4, 0.5) is 5.69 Å². The second-order valence-corrected chi connectivity index (χ2v) is 8.77. The minimum atomic E-state index is -0.307. The van der Waals surface area contributed by atoms with Crippen LogP contribution < -0.4 is 5.32 Å². The molecule has 0 atom stereocenters. The van der Waals surface area contributed by atoms with Crippen LogP contribution in [0.3, 0.4) is 0 Å². The third-order valence-corrected chi connectivity index (χ3v) is 6.26. The fourth-order valence-corrected chi connectivity index (χ4v) is 4.41. The summed E-state index contributed by atoms with van der Waals surface area (Å²) >= 11 is 7.27. The van der Waals surface area contributed by atoms with Gasteiger partial charge in [-0.15, -0.1) is 0 Å². The highest BCUT2D eigenvalue weighted by molar-refractivity contribution is 8.04. The van der Waals surface area contributed by atoms with E-state index in [1.54, 1.807) is 12.1 Å². The first-order valence-corrected chi connectivity index (χ1v) is 11.1. The van der Waals surface area contributed by atoms with Gasteiger partial charge in [-0.1, -0.05) is 65.8 Å². The number of amides is 2. The van der Waals surface area contributed by atoms with Crippen LogP contribution in [-0.4, -0.2) is 23.3 Å². The molecule has 0 unspecified atom stereocenters. The molecule has 0 radical (unpaired) electrons. The van der Waals surface area contributed by atoms with Gasteiger partial charge in [0.25, 0.3) is 11.8 Å². The van der Waals surface area contributed by atoms with Crippen molar-refractivity contribution in [2.75, 3.05) is 11.9 Å². The number of hydrogen-bond donors (Lipinski definition) is 1. The number of thioether (sulfide) groups is 1. The maximum Gasteiger partial charge on any atom is 0.278 e. The summed E-state index contributed by atoms with van der Waals surface area (Å²) in [6.07, 6.45) is 0.606. The van der Waals surface area contributed by atoms with E-state index in [-0.39, 0.29) is 11.8 Å². The van der Waals surface area contributed by atoms with E-state index in [0.29, 0.717) is 28.6 Å². The molecule has 4 rings (SSSR count). The Kier molecular flexibility index (Phi) is 6.44. The van der Waals surface area contributed by atoms with Crippen LogP contribution in [0.25, 0.3) is 0 Å². The lowest BCUT2D eigenvalue weighted by Gasteiger charge is -2.15. The Hall–Kier alpha value is -3.02. The van der Waals surface area contributed by atoms with E-state index in [1.165, 1.54) is 16.7 Å². The van der Waals surface area contributed by atoms with Crippen molar-refractivity contribution in [1.82, 2.24) is 4.90 Å². The summed E-state index contributed by atoms with van der Waals surface area (Å²) in [5.41, 5.74) is 3.23. The van der Waals surface area contributed by atoms with Gasteiger partial charge in [0.15, 0.2) is 0 Å². The number of carbonyl (C=O) groups excluding carboxylic acids is 2. The molecule has 1 heterocycles. The van der Waals surface area contributed by atoms with E-state index in [4.69, 9.17) is 11.6 Å². The molecule has 31 heavy (non-hydrogen) atoms. The minimum absolute atomic E-state index is 0.281. The quantitative estimate of drug-likeness (QED) is 0.473. The van der Waals surface area contributed by atoms with E-state index in [2.05, 4.69) is 5.32 Å². The highest BCUT2D eigenvalue weighted by Crippen LogP contribution is 2.36. The Morgan fingerprint density at radius 3 is 2.35 bits per heavy atom.